The Kier molecular flexibility index (Phi) is 3.77. The van der Waals surface area contributed by atoms with Crippen LogP contribution in [0.3, 0.4) is 0 Å². The lowest BCUT2D eigenvalue weighted by atomic mass is 10.1. The normalized spacial score (nSPS) is 10.6. The Balaban J connectivity index is 2.19. The van der Waals surface area contributed by atoms with Crippen LogP contribution in [0.4, 0.5) is 4.39 Å². The molecule has 3 nitrogen and oxygen atoms in total. The molecule has 0 atom stereocenters. The van der Waals surface area contributed by atoms with E-state index in [1.807, 2.05) is 17.7 Å². The summed E-state index contributed by atoms with van der Waals surface area (Å²) in [5.41, 5.74) is 0.395. The molecular formula is C13H12ClFN2O. The highest BCUT2D eigenvalue weighted by atomic mass is 35.5. The Labute approximate surface area is 109 Å². The van der Waals surface area contributed by atoms with Gasteiger partial charge in [-0.05, 0) is 25.1 Å². The monoisotopic (exact) mass is 266 g/mol. The summed E-state index contributed by atoms with van der Waals surface area (Å²) in [7, 11) is 0. The molecule has 0 saturated carbocycles. The van der Waals surface area contributed by atoms with E-state index in [4.69, 9.17) is 11.6 Å². The second-order valence-electron chi connectivity index (χ2n) is 3.86. The van der Waals surface area contributed by atoms with E-state index in [2.05, 4.69) is 4.98 Å². The minimum Gasteiger partial charge on any atom is -0.335 e. The maximum Gasteiger partial charge on any atom is 0.170 e. The fourth-order valence-electron chi connectivity index (χ4n) is 1.71. The Hall–Kier alpha value is -1.68. The molecule has 18 heavy (non-hydrogen) atoms. The van der Waals surface area contributed by atoms with Crippen LogP contribution in [-0.2, 0) is 13.0 Å². The van der Waals surface area contributed by atoms with E-state index in [0.717, 1.165) is 6.54 Å². The summed E-state index contributed by atoms with van der Waals surface area (Å²) in [6.07, 6.45) is 3.66. The summed E-state index contributed by atoms with van der Waals surface area (Å²) in [5.74, 6) is 0.0454. The molecule has 1 aromatic heterocycles. The Morgan fingerprint density at radius 1 is 1.50 bits per heavy atom. The number of nitrogens with zero attached hydrogens (tertiary/aromatic N) is 2. The van der Waals surface area contributed by atoms with Crippen LogP contribution in [0.25, 0.3) is 0 Å². The molecule has 0 amide bonds. The van der Waals surface area contributed by atoms with Crippen LogP contribution in [0.15, 0.2) is 30.6 Å². The van der Waals surface area contributed by atoms with Crippen LogP contribution in [-0.4, -0.2) is 15.3 Å². The number of Topliss-reactive ketones (excluding diaryl/α,β-unsaturated/α-hetero) is 1. The highest BCUT2D eigenvalue weighted by Crippen LogP contribution is 2.17. The standard InChI is InChI=1S/C13H12ClFN2O/c1-2-17-6-5-16-13(17)8-12(18)9-3-4-11(15)10(14)7-9/h3-7H,2,8H2,1H3. The van der Waals surface area contributed by atoms with Gasteiger partial charge in [0.05, 0.1) is 11.4 Å². The summed E-state index contributed by atoms with van der Waals surface area (Å²) in [6.45, 7) is 2.73. The number of imidazole rings is 1. The molecule has 0 N–H and O–H groups in total. The van der Waals surface area contributed by atoms with Gasteiger partial charge in [0, 0.05) is 24.5 Å². The maximum atomic E-state index is 13.0. The van der Waals surface area contributed by atoms with Crippen LogP contribution in [0.5, 0.6) is 0 Å². The Morgan fingerprint density at radius 3 is 2.94 bits per heavy atom. The highest BCUT2D eigenvalue weighted by molar-refractivity contribution is 6.31. The molecule has 0 radical (unpaired) electrons. The average Bonchev–Trinajstić information content (AvgIpc) is 2.79. The summed E-state index contributed by atoms with van der Waals surface area (Å²) >= 11 is 5.65. The minimum absolute atomic E-state index is 0.0420. The van der Waals surface area contributed by atoms with Crippen molar-refractivity contribution in [1.29, 1.82) is 0 Å². The first-order chi connectivity index (χ1) is 8.61. The van der Waals surface area contributed by atoms with Gasteiger partial charge >= 0.3 is 0 Å². The first-order valence-electron chi connectivity index (χ1n) is 5.60. The van der Waals surface area contributed by atoms with Crippen molar-refractivity contribution in [1.82, 2.24) is 9.55 Å². The van der Waals surface area contributed by atoms with Gasteiger partial charge in [-0.2, -0.15) is 0 Å². The quantitative estimate of drug-likeness (QED) is 0.797. The van der Waals surface area contributed by atoms with Crippen LogP contribution in [0.1, 0.15) is 23.1 Å². The lowest BCUT2D eigenvalue weighted by molar-refractivity contribution is 0.0989. The number of ketones is 1. The maximum absolute atomic E-state index is 13.0. The Bertz CT molecular complexity index is 580. The Morgan fingerprint density at radius 2 is 2.28 bits per heavy atom. The largest absolute Gasteiger partial charge is 0.335 e. The molecule has 0 aliphatic heterocycles. The molecule has 1 aromatic carbocycles. The van der Waals surface area contributed by atoms with E-state index in [9.17, 15) is 9.18 Å². The van der Waals surface area contributed by atoms with Gasteiger partial charge in [-0.3, -0.25) is 4.79 Å². The van der Waals surface area contributed by atoms with Crippen LogP contribution < -0.4 is 0 Å². The molecule has 0 fully saturated rings. The predicted octanol–water partition coefficient (Wildman–Crippen LogP) is 3.12. The first kappa shape index (κ1) is 12.8. The number of benzene rings is 1. The average molecular weight is 267 g/mol. The van der Waals surface area contributed by atoms with Crippen molar-refractivity contribution in [3.05, 3.63) is 52.8 Å². The molecule has 5 heteroatoms. The second-order valence-corrected chi connectivity index (χ2v) is 4.27. The van der Waals surface area contributed by atoms with E-state index in [0.29, 0.717) is 11.4 Å². The molecule has 0 aliphatic rings. The molecule has 1 heterocycles. The number of hydrogen-bond donors (Lipinski definition) is 0. The van der Waals surface area contributed by atoms with Gasteiger partial charge < -0.3 is 4.57 Å². The van der Waals surface area contributed by atoms with Crippen molar-refractivity contribution in [3.8, 4) is 0 Å². The summed E-state index contributed by atoms with van der Waals surface area (Å²) < 4.78 is 14.9. The van der Waals surface area contributed by atoms with Crippen molar-refractivity contribution in [2.45, 2.75) is 19.9 Å². The number of hydrogen-bond acceptors (Lipinski definition) is 2. The smallest absolute Gasteiger partial charge is 0.170 e. The fourth-order valence-corrected chi connectivity index (χ4v) is 1.89. The van der Waals surface area contributed by atoms with E-state index in [1.54, 1.807) is 6.20 Å². The minimum atomic E-state index is -0.525. The van der Waals surface area contributed by atoms with Crippen molar-refractivity contribution in [2.24, 2.45) is 0 Å². The zero-order valence-electron chi connectivity index (χ0n) is 9.86. The molecule has 0 aliphatic carbocycles. The number of carbonyl (C=O) groups is 1. The van der Waals surface area contributed by atoms with Crippen molar-refractivity contribution >= 4 is 17.4 Å². The SMILES string of the molecule is CCn1ccnc1CC(=O)c1ccc(F)c(Cl)c1. The van der Waals surface area contributed by atoms with E-state index in [-0.39, 0.29) is 17.2 Å². The van der Waals surface area contributed by atoms with Crippen molar-refractivity contribution in [2.75, 3.05) is 0 Å². The molecule has 0 spiro atoms. The zero-order valence-corrected chi connectivity index (χ0v) is 10.6. The van der Waals surface area contributed by atoms with Gasteiger partial charge in [0.1, 0.15) is 11.6 Å². The molecular weight excluding hydrogens is 255 g/mol. The topological polar surface area (TPSA) is 34.9 Å². The summed E-state index contributed by atoms with van der Waals surface area (Å²) in [6, 6.07) is 3.98. The molecule has 0 unspecified atom stereocenters. The lowest BCUT2D eigenvalue weighted by Gasteiger charge is -2.05. The third-order valence-electron chi connectivity index (χ3n) is 2.70. The van der Waals surface area contributed by atoms with Gasteiger partial charge in [0.15, 0.2) is 5.78 Å². The highest BCUT2D eigenvalue weighted by Gasteiger charge is 2.12. The molecule has 94 valence electrons. The molecule has 0 bridgehead atoms. The molecule has 0 saturated heterocycles. The third kappa shape index (κ3) is 2.59. The van der Waals surface area contributed by atoms with Gasteiger partial charge in [-0.25, -0.2) is 9.37 Å². The van der Waals surface area contributed by atoms with E-state index < -0.39 is 5.82 Å². The fraction of sp³-hybridized carbons (Fsp3) is 0.231. The van der Waals surface area contributed by atoms with Crippen LogP contribution in [0, 0.1) is 5.82 Å². The third-order valence-corrected chi connectivity index (χ3v) is 2.99. The summed E-state index contributed by atoms with van der Waals surface area (Å²) in [5, 5.41) is -0.0420. The van der Waals surface area contributed by atoms with Crippen molar-refractivity contribution < 1.29 is 9.18 Å². The number of halogens is 2. The number of carbonyl (C=O) groups excluding carboxylic acids is 1. The first-order valence-corrected chi connectivity index (χ1v) is 5.98. The predicted molar refractivity (Wildman–Crippen MR) is 67.3 cm³/mol. The summed E-state index contributed by atoms with van der Waals surface area (Å²) in [4.78, 5) is 16.1. The molecule has 2 rings (SSSR count). The number of aryl methyl sites for hydroxylation is 1. The number of aromatic nitrogens is 2. The zero-order chi connectivity index (χ0) is 13.1. The van der Waals surface area contributed by atoms with Gasteiger partial charge in [-0.15, -0.1) is 0 Å². The van der Waals surface area contributed by atoms with Gasteiger partial charge in [-0.1, -0.05) is 11.6 Å². The van der Waals surface area contributed by atoms with E-state index in [1.165, 1.54) is 18.2 Å². The van der Waals surface area contributed by atoms with Crippen molar-refractivity contribution in [3.63, 3.8) is 0 Å². The second kappa shape index (κ2) is 5.31. The van der Waals surface area contributed by atoms with Gasteiger partial charge in [0.25, 0.3) is 0 Å². The lowest BCUT2D eigenvalue weighted by Crippen LogP contribution is -2.09. The molecule has 2 aromatic rings. The van der Waals surface area contributed by atoms with Crippen LogP contribution >= 0.6 is 11.6 Å². The van der Waals surface area contributed by atoms with Crippen LogP contribution in [0.2, 0.25) is 5.02 Å². The van der Waals surface area contributed by atoms with E-state index >= 15 is 0 Å². The number of rotatable bonds is 4. The van der Waals surface area contributed by atoms with Gasteiger partial charge in [0.2, 0.25) is 0 Å².